The molecule has 1 aromatic rings. The molecule has 2 fully saturated rings. The molecule has 4 rings (SSSR count). The zero-order chi connectivity index (χ0) is 17.9. The van der Waals surface area contributed by atoms with Gasteiger partial charge in [-0.3, -0.25) is 14.7 Å². The summed E-state index contributed by atoms with van der Waals surface area (Å²) < 4.78 is 5.51. The Balaban J connectivity index is 0.00000140. The second-order valence-electron chi connectivity index (χ2n) is 7.95. The van der Waals surface area contributed by atoms with E-state index in [-0.39, 0.29) is 36.8 Å². The maximum absolute atomic E-state index is 13.3. The van der Waals surface area contributed by atoms with E-state index in [1.165, 1.54) is 5.56 Å². The number of ether oxygens (including phenoxy) is 1. The molecule has 3 aliphatic heterocycles. The van der Waals surface area contributed by atoms with Crippen molar-refractivity contribution in [1.29, 1.82) is 0 Å². The Morgan fingerprint density at radius 3 is 2.71 bits per heavy atom. The van der Waals surface area contributed by atoms with Crippen LogP contribution in [0.2, 0.25) is 0 Å². The van der Waals surface area contributed by atoms with Crippen LogP contribution in [-0.4, -0.2) is 65.6 Å². The molecule has 158 valence electrons. The van der Waals surface area contributed by atoms with Crippen molar-refractivity contribution in [2.75, 3.05) is 32.8 Å². The number of likely N-dealkylation sites (tertiary alicyclic amines) is 1. The summed E-state index contributed by atoms with van der Waals surface area (Å²) in [5.41, 5.74) is 8.66. The highest BCUT2D eigenvalue weighted by molar-refractivity contribution is 5.85. The Morgan fingerprint density at radius 1 is 1.14 bits per heavy atom. The van der Waals surface area contributed by atoms with Gasteiger partial charge in [0.25, 0.3) is 0 Å². The smallest absolute Gasteiger partial charge is 0.227 e. The summed E-state index contributed by atoms with van der Waals surface area (Å²) in [6.45, 7) is 4.87. The summed E-state index contributed by atoms with van der Waals surface area (Å²) in [6, 6.07) is 4.74. The molecule has 0 aliphatic carbocycles. The fourth-order valence-corrected chi connectivity index (χ4v) is 4.62. The summed E-state index contributed by atoms with van der Waals surface area (Å²) >= 11 is 0. The van der Waals surface area contributed by atoms with Gasteiger partial charge in [0.05, 0.1) is 5.92 Å². The number of pyridine rings is 1. The van der Waals surface area contributed by atoms with Gasteiger partial charge >= 0.3 is 0 Å². The molecule has 0 spiro atoms. The Labute approximate surface area is 180 Å². The first-order valence-electron chi connectivity index (χ1n) is 9.99. The predicted molar refractivity (Wildman–Crippen MR) is 114 cm³/mol. The van der Waals surface area contributed by atoms with E-state index in [9.17, 15) is 4.79 Å². The monoisotopic (exact) mass is 430 g/mol. The number of nitrogens with zero attached hydrogens (tertiary/aromatic N) is 3. The maximum Gasteiger partial charge on any atom is 0.227 e. The van der Waals surface area contributed by atoms with E-state index in [4.69, 9.17) is 10.5 Å². The highest BCUT2D eigenvalue weighted by atomic mass is 35.5. The first-order chi connectivity index (χ1) is 12.7. The van der Waals surface area contributed by atoms with Crippen molar-refractivity contribution >= 4 is 30.7 Å². The molecule has 0 unspecified atom stereocenters. The largest absolute Gasteiger partial charge is 0.381 e. The minimum absolute atomic E-state index is 0. The number of hydrogen-bond donors (Lipinski definition) is 1. The Bertz CT molecular complexity index is 642. The molecule has 0 aromatic carbocycles. The van der Waals surface area contributed by atoms with Gasteiger partial charge in [-0.25, -0.2) is 0 Å². The van der Waals surface area contributed by atoms with Crippen LogP contribution in [0.5, 0.6) is 0 Å². The summed E-state index contributed by atoms with van der Waals surface area (Å²) in [5, 5.41) is 0. The molecule has 0 bridgehead atoms. The minimum Gasteiger partial charge on any atom is -0.381 e. The molecule has 4 heterocycles. The van der Waals surface area contributed by atoms with Crippen molar-refractivity contribution in [2.24, 2.45) is 11.7 Å². The van der Waals surface area contributed by atoms with Crippen molar-refractivity contribution in [3.63, 3.8) is 0 Å². The van der Waals surface area contributed by atoms with Gasteiger partial charge in [-0.15, -0.1) is 24.8 Å². The fraction of sp³-hybridized carbons (Fsp3) is 0.700. The number of hydrogen-bond acceptors (Lipinski definition) is 5. The molecule has 1 aromatic heterocycles. The van der Waals surface area contributed by atoms with Gasteiger partial charge < -0.3 is 15.4 Å². The average Bonchev–Trinajstić information content (AvgIpc) is 2.89. The Hall–Kier alpha value is -0.920. The number of amides is 1. The van der Waals surface area contributed by atoms with E-state index in [2.05, 4.69) is 16.0 Å². The number of halogens is 2. The minimum atomic E-state index is 0. The molecule has 0 radical (unpaired) electrons. The zero-order valence-electron chi connectivity index (χ0n) is 16.3. The molecule has 3 aliphatic rings. The molecular weight excluding hydrogens is 399 g/mol. The third kappa shape index (κ3) is 5.36. The van der Waals surface area contributed by atoms with Gasteiger partial charge in [0.2, 0.25) is 5.91 Å². The quantitative estimate of drug-likeness (QED) is 0.776. The molecule has 28 heavy (non-hydrogen) atoms. The van der Waals surface area contributed by atoms with Gasteiger partial charge in [-0.2, -0.15) is 0 Å². The van der Waals surface area contributed by atoms with Crippen molar-refractivity contribution in [3.05, 3.63) is 29.6 Å². The van der Waals surface area contributed by atoms with Crippen LogP contribution in [0.3, 0.4) is 0 Å². The van der Waals surface area contributed by atoms with Crippen LogP contribution in [0.1, 0.15) is 36.9 Å². The van der Waals surface area contributed by atoms with Crippen LogP contribution in [0.25, 0.3) is 0 Å². The third-order valence-corrected chi connectivity index (χ3v) is 6.14. The molecule has 1 amide bonds. The predicted octanol–water partition coefficient (Wildman–Crippen LogP) is 2.03. The van der Waals surface area contributed by atoms with Crippen molar-refractivity contribution in [1.82, 2.24) is 14.8 Å². The summed E-state index contributed by atoms with van der Waals surface area (Å²) in [4.78, 5) is 22.2. The first-order valence-corrected chi connectivity index (χ1v) is 9.99. The number of aromatic nitrogens is 1. The van der Waals surface area contributed by atoms with Crippen LogP contribution in [-0.2, 0) is 22.5 Å². The SMILES string of the molecule is Cl.Cl.N[C@H]1CC[C@@H](C(=O)N2CCc3ncccc3C2)CN(C2CCOCC2)C1. The van der Waals surface area contributed by atoms with E-state index in [0.29, 0.717) is 18.5 Å². The lowest BCUT2D eigenvalue weighted by Crippen LogP contribution is -2.48. The molecule has 0 saturated carbocycles. The van der Waals surface area contributed by atoms with Crippen LogP contribution in [0.15, 0.2) is 18.3 Å². The summed E-state index contributed by atoms with van der Waals surface area (Å²) in [5.74, 6) is 0.357. The molecular formula is C20H32Cl2N4O2. The van der Waals surface area contributed by atoms with Gasteiger partial charge in [0.1, 0.15) is 0 Å². The van der Waals surface area contributed by atoms with Gasteiger partial charge in [0.15, 0.2) is 0 Å². The van der Waals surface area contributed by atoms with Crippen LogP contribution < -0.4 is 5.73 Å². The van der Waals surface area contributed by atoms with Gasteiger partial charge in [-0.05, 0) is 37.3 Å². The lowest BCUT2D eigenvalue weighted by atomic mass is 9.97. The van der Waals surface area contributed by atoms with Gasteiger partial charge in [-0.1, -0.05) is 6.07 Å². The number of carbonyl (C=O) groups excluding carboxylic acids is 1. The summed E-state index contributed by atoms with van der Waals surface area (Å²) in [7, 11) is 0. The lowest BCUT2D eigenvalue weighted by Gasteiger charge is -2.37. The topological polar surface area (TPSA) is 71.7 Å². The average molecular weight is 431 g/mol. The zero-order valence-corrected chi connectivity index (χ0v) is 17.9. The molecule has 2 N–H and O–H groups in total. The normalized spacial score (nSPS) is 26.4. The molecule has 8 heteroatoms. The second-order valence-corrected chi connectivity index (χ2v) is 7.95. The molecule has 2 saturated heterocycles. The van der Waals surface area contributed by atoms with E-state index in [1.54, 1.807) is 0 Å². The van der Waals surface area contributed by atoms with Crippen LogP contribution >= 0.6 is 24.8 Å². The van der Waals surface area contributed by atoms with Crippen LogP contribution in [0, 0.1) is 5.92 Å². The van der Waals surface area contributed by atoms with Crippen molar-refractivity contribution in [2.45, 2.75) is 50.7 Å². The van der Waals surface area contributed by atoms with Crippen molar-refractivity contribution in [3.8, 4) is 0 Å². The van der Waals surface area contributed by atoms with Crippen molar-refractivity contribution < 1.29 is 9.53 Å². The fourth-order valence-electron chi connectivity index (χ4n) is 4.62. The number of rotatable bonds is 2. The Kier molecular flexibility index (Phi) is 8.96. The van der Waals surface area contributed by atoms with E-state index in [0.717, 1.165) is 70.6 Å². The van der Waals surface area contributed by atoms with Crippen LogP contribution in [0.4, 0.5) is 0 Å². The van der Waals surface area contributed by atoms with E-state index in [1.807, 2.05) is 17.2 Å². The standard InChI is InChI=1S/C20H30N4O2.2ClH/c21-17-4-3-16(13-24(14-17)18-6-10-26-11-7-18)20(25)23-9-5-19-15(12-23)2-1-8-22-19;;/h1-2,8,16-18H,3-7,9-14,21H2;2*1H/t16-,17+;;/m1../s1. The molecule has 6 nitrogen and oxygen atoms in total. The van der Waals surface area contributed by atoms with E-state index >= 15 is 0 Å². The first kappa shape index (κ1) is 23.4. The molecule has 2 atom stereocenters. The van der Waals surface area contributed by atoms with Gasteiger partial charge in [0, 0.05) is 69.8 Å². The second kappa shape index (κ2) is 10.7. The number of carbonyl (C=O) groups is 1. The summed E-state index contributed by atoms with van der Waals surface area (Å²) in [6.07, 6.45) is 6.64. The Morgan fingerprint density at radius 2 is 1.93 bits per heavy atom. The van der Waals surface area contributed by atoms with E-state index < -0.39 is 0 Å². The highest BCUT2D eigenvalue weighted by Gasteiger charge is 2.34. The number of nitrogens with two attached hydrogens (primary N) is 1. The lowest BCUT2D eigenvalue weighted by molar-refractivity contribution is -0.137. The number of fused-ring (bicyclic) bond motifs is 1. The highest BCUT2D eigenvalue weighted by Crippen LogP contribution is 2.26. The third-order valence-electron chi connectivity index (χ3n) is 6.14. The maximum atomic E-state index is 13.3.